The minimum absolute atomic E-state index is 0.0702. The smallest absolute Gasteiger partial charge is 0.410 e. The van der Waals surface area contributed by atoms with Crippen LogP contribution >= 0.6 is 0 Å². The molecule has 3 N–H and O–H groups in total. The van der Waals surface area contributed by atoms with E-state index in [-0.39, 0.29) is 52.1 Å². The normalized spacial score (nSPS) is 12.2. The van der Waals surface area contributed by atoms with Crippen LogP contribution in [0.15, 0.2) is 0 Å². The van der Waals surface area contributed by atoms with Gasteiger partial charge in [0.2, 0.25) is 0 Å². The number of nitrogens with zero attached hydrogens (tertiary/aromatic N) is 2. The van der Waals surface area contributed by atoms with Crippen LogP contribution in [0.25, 0.3) is 0 Å². The fraction of sp³-hybridized carbons (Fsp3) is 0.833. The lowest BCUT2D eigenvalue weighted by Crippen LogP contribution is -2.47. The zero-order valence-electron chi connectivity index (χ0n) is 28.8. The molecule has 0 saturated heterocycles. The van der Waals surface area contributed by atoms with Crippen LogP contribution in [-0.4, -0.2) is 107 Å². The Hall–Kier alpha value is -3.45. The number of nitrogens with one attached hydrogen (secondary N) is 2. The molecule has 0 rings (SSSR count). The number of amides is 4. The first-order valence-corrected chi connectivity index (χ1v) is 14.9. The predicted octanol–water partition coefficient (Wildman–Crippen LogP) is 4.99. The van der Waals surface area contributed by atoms with Crippen molar-refractivity contribution >= 4 is 30.3 Å². The zero-order chi connectivity index (χ0) is 34.5. The van der Waals surface area contributed by atoms with Crippen molar-refractivity contribution in [1.29, 1.82) is 0 Å². The lowest BCUT2D eigenvalue weighted by molar-refractivity contribution is -0.142. The van der Waals surface area contributed by atoms with Gasteiger partial charge in [-0.3, -0.25) is 4.79 Å². The summed E-state index contributed by atoms with van der Waals surface area (Å²) in [6.07, 6.45) is -2.11. The Morgan fingerprint density at radius 2 is 0.864 bits per heavy atom. The number of hydrogen-bond donors (Lipinski definition) is 3. The SMILES string of the molecule is CC(C)(C)OC(=O)NCCCN(CC(CN(CCCNC(=O)OC(C)(C)C)C(=O)OC(C)(C)C)C(=O)O)C(=O)OC(C)(C)C. The quantitative estimate of drug-likeness (QED) is 0.185. The summed E-state index contributed by atoms with van der Waals surface area (Å²) < 4.78 is 21.4. The molecule has 0 spiro atoms. The van der Waals surface area contributed by atoms with Gasteiger partial charge in [-0.15, -0.1) is 0 Å². The van der Waals surface area contributed by atoms with E-state index < -0.39 is 58.7 Å². The molecule has 14 heteroatoms. The Kier molecular flexibility index (Phi) is 15.8. The Morgan fingerprint density at radius 1 is 0.568 bits per heavy atom. The summed E-state index contributed by atoms with van der Waals surface area (Å²) >= 11 is 0. The van der Waals surface area contributed by atoms with E-state index in [0.717, 1.165) is 0 Å². The van der Waals surface area contributed by atoms with Crippen LogP contribution in [0, 0.1) is 5.92 Å². The van der Waals surface area contributed by atoms with Gasteiger partial charge in [0.05, 0.1) is 5.92 Å². The van der Waals surface area contributed by atoms with E-state index in [4.69, 9.17) is 18.9 Å². The topological polar surface area (TPSA) is 173 Å². The Balaban J connectivity index is 5.68. The Bertz CT molecular complexity index is 889. The van der Waals surface area contributed by atoms with Crippen molar-refractivity contribution in [3.63, 3.8) is 0 Å². The summed E-state index contributed by atoms with van der Waals surface area (Å²) in [4.78, 5) is 65.0. The fourth-order valence-electron chi connectivity index (χ4n) is 3.46. The number of carbonyl (C=O) groups is 5. The average molecular weight is 633 g/mol. The third kappa shape index (κ3) is 21.3. The lowest BCUT2D eigenvalue weighted by Gasteiger charge is -2.32. The fourth-order valence-corrected chi connectivity index (χ4v) is 3.46. The summed E-state index contributed by atoms with van der Waals surface area (Å²) in [5.74, 6) is -2.43. The molecular formula is C30H56N4O10. The predicted molar refractivity (Wildman–Crippen MR) is 164 cm³/mol. The highest BCUT2D eigenvalue weighted by atomic mass is 16.6. The van der Waals surface area contributed by atoms with Gasteiger partial charge in [0.1, 0.15) is 22.4 Å². The molecule has 256 valence electrons. The molecule has 0 heterocycles. The minimum atomic E-state index is -1.23. The standard InChI is InChI=1S/C30H56N4O10/c1-27(2,3)41-23(37)31-15-13-17-33(25(39)43-29(7,8)9)19-21(22(35)36)20-34(26(40)44-30(10,11)12)18-14-16-32-24(38)42-28(4,5)6/h21H,13-20H2,1-12H3,(H,31,37)(H,32,38)(H,35,36). The van der Waals surface area contributed by atoms with Gasteiger partial charge >= 0.3 is 30.3 Å². The number of hydrogen-bond acceptors (Lipinski definition) is 9. The third-order valence-electron chi connectivity index (χ3n) is 5.08. The van der Waals surface area contributed by atoms with Crippen LogP contribution in [-0.2, 0) is 23.7 Å². The van der Waals surface area contributed by atoms with Gasteiger partial charge in [-0.05, 0) is 95.9 Å². The molecule has 14 nitrogen and oxygen atoms in total. The maximum atomic E-state index is 13.1. The minimum Gasteiger partial charge on any atom is -0.481 e. The van der Waals surface area contributed by atoms with Crippen molar-refractivity contribution in [3.05, 3.63) is 0 Å². The van der Waals surface area contributed by atoms with Crippen LogP contribution in [0.1, 0.15) is 95.9 Å². The summed E-state index contributed by atoms with van der Waals surface area (Å²) in [5, 5.41) is 15.3. The van der Waals surface area contributed by atoms with Crippen LogP contribution in [0.5, 0.6) is 0 Å². The second kappa shape index (κ2) is 17.1. The largest absolute Gasteiger partial charge is 0.481 e. The van der Waals surface area contributed by atoms with Crippen LogP contribution in [0.3, 0.4) is 0 Å². The van der Waals surface area contributed by atoms with E-state index in [1.54, 1.807) is 83.1 Å². The highest BCUT2D eigenvalue weighted by molar-refractivity contribution is 5.75. The van der Waals surface area contributed by atoms with E-state index in [2.05, 4.69) is 10.6 Å². The van der Waals surface area contributed by atoms with E-state index in [0.29, 0.717) is 0 Å². The average Bonchev–Trinajstić information content (AvgIpc) is 2.76. The van der Waals surface area contributed by atoms with Crippen LogP contribution in [0.4, 0.5) is 19.2 Å². The maximum absolute atomic E-state index is 13.1. The molecule has 0 unspecified atom stereocenters. The zero-order valence-corrected chi connectivity index (χ0v) is 28.8. The van der Waals surface area contributed by atoms with Crippen molar-refractivity contribution in [2.24, 2.45) is 5.92 Å². The highest BCUT2D eigenvalue weighted by Gasteiger charge is 2.32. The molecule has 0 aliphatic heterocycles. The lowest BCUT2D eigenvalue weighted by atomic mass is 10.1. The maximum Gasteiger partial charge on any atom is 0.410 e. The second-order valence-electron chi connectivity index (χ2n) is 14.5. The van der Waals surface area contributed by atoms with Gasteiger partial charge in [-0.1, -0.05) is 0 Å². The van der Waals surface area contributed by atoms with Crippen molar-refractivity contribution in [1.82, 2.24) is 20.4 Å². The second-order valence-corrected chi connectivity index (χ2v) is 14.5. The van der Waals surface area contributed by atoms with Crippen molar-refractivity contribution in [2.45, 2.75) is 118 Å². The number of carboxylic acid groups (broad SMARTS) is 1. The molecule has 0 aliphatic rings. The van der Waals surface area contributed by atoms with Gasteiger partial charge in [0, 0.05) is 39.3 Å². The monoisotopic (exact) mass is 632 g/mol. The third-order valence-corrected chi connectivity index (χ3v) is 5.08. The molecule has 0 aromatic carbocycles. The number of ether oxygens (including phenoxy) is 4. The van der Waals surface area contributed by atoms with E-state index in [1.165, 1.54) is 9.80 Å². The molecule has 0 aliphatic carbocycles. The number of rotatable bonds is 13. The molecule has 0 fully saturated rings. The molecule has 0 aromatic heterocycles. The molecule has 4 amide bonds. The Morgan fingerprint density at radius 3 is 1.11 bits per heavy atom. The molecule has 0 atom stereocenters. The summed E-state index contributed by atoms with van der Waals surface area (Å²) in [6, 6.07) is 0. The van der Waals surface area contributed by atoms with Crippen molar-refractivity contribution < 1.29 is 48.0 Å². The first-order valence-electron chi connectivity index (χ1n) is 14.9. The molecule has 0 aromatic rings. The van der Waals surface area contributed by atoms with Crippen molar-refractivity contribution in [3.8, 4) is 0 Å². The van der Waals surface area contributed by atoms with Gasteiger partial charge < -0.3 is 44.5 Å². The van der Waals surface area contributed by atoms with Gasteiger partial charge in [-0.25, -0.2) is 19.2 Å². The van der Waals surface area contributed by atoms with Gasteiger partial charge in [-0.2, -0.15) is 0 Å². The van der Waals surface area contributed by atoms with E-state index in [9.17, 15) is 29.1 Å². The van der Waals surface area contributed by atoms with Gasteiger partial charge in [0.15, 0.2) is 0 Å². The van der Waals surface area contributed by atoms with Crippen molar-refractivity contribution in [2.75, 3.05) is 39.3 Å². The number of carboxylic acids is 1. The number of aliphatic carboxylic acids is 1. The highest BCUT2D eigenvalue weighted by Crippen LogP contribution is 2.16. The van der Waals surface area contributed by atoms with E-state index >= 15 is 0 Å². The Labute approximate surface area is 262 Å². The van der Waals surface area contributed by atoms with Crippen LogP contribution < -0.4 is 10.6 Å². The molecule has 0 radical (unpaired) electrons. The molecular weight excluding hydrogens is 576 g/mol. The summed E-state index contributed by atoms with van der Waals surface area (Å²) in [7, 11) is 0. The molecule has 0 saturated carbocycles. The van der Waals surface area contributed by atoms with Crippen LogP contribution in [0.2, 0.25) is 0 Å². The van der Waals surface area contributed by atoms with E-state index in [1.807, 2.05) is 0 Å². The summed E-state index contributed by atoms with van der Waals surface area (Å²) in [5.41, 5.74) is -3.03. The molecule has 44 heavy (non-hydrogen) atoms. The number of alkyl carbamates (subject to hydrolysis) is 2. The van der Waals surface area contributed by atoms with Gasteiger partial charge in [0.25, 0.3) is 0 Å². The first-order chi connectivity index (χ1) is 19.8. The summed E-state index contributed by atoms with van der Waals surface area (Å²) in [6.45, 7) is 20.5. The number of carbonyl (C=O) groups excluding carboxylic acids is 4. The molecule has 0 bridgehead atoms. The first kappa shape index (κ1) is 40.5.